The molecular formula is C11H11N3O3. The first kappa shape index (κ1) is 11.1. The van der Waals surface area contributed by atoms with Gasteiger partial charge in [-0.15, -0.1) is 0 Å². The molecule has 0 spiro atoms. The second-order valence-corrected chi connectivity index (χ2v) is 3.54. The molecule has 6 nitrogen and oxygen atoms in total. The Balaban J connectivity index is 2.96. The predicted molar refractivity (Wildman–Crippen MR) is 62.7 cm³/mol. The van der Waals surface area contributed by atoms with Crippen LogP contribution < -0.4 is 10.9 Å². The van der Waals surface area contributed by atoms with Gasteiger partial charge in [-0.2, -0.15) is 0 Å². The third kappa shape index (κ3) is 1.63. The van der Waals surface area contributed by atoms with Crippen molar-refractivity contribution in [2.24, 2.45) is 0 Å². The molecule has 0 aliphatic rings. The summed E-state index contributed by atoms with van der Waals surface area (Å²) in [5.41, 5.74) is 0.0464. The summed E-state index contributed by atoms with van der Waals surface area (Å²) in [4.78, 5) is 27.1. The van der Waals surface area contributed by atoms with Crippen molar-refractivity contribution in [3.63, 3.8) is 0 Å². The van der Waals surface area contributed by atoms with Crippen molar-refractivity contribution in [1.29, 1.82) is 0 Å². The Bertz CT molecular complexity index is 661. The molecule has 0 unspecified atom stereocenters. The van der Waals surface area contributed by atoms with Crippen LogP contribution in [0.15, 0.2) is 23.1 Å². The first-order chi connectivity index (χ1) is 8.06. The quantitative estimate of drug-likeness (QED) is 0.744. The number of Topliss-reactive ketones (excluding diaryl/α,β-unsaturated/α-hetero) is 1. The van der Waals surface area contributed by atoms with Gasteiger partial charge in [0.25, 0.3) is 0 Å². The van der Waals surface area contributed by atoms with Crippen LogP contribution in [0.1, 0.15) is 17.4 Å². The number of hydrogen-bond acceptors (Lipinski definition) is 5. The number of ketones is 1. The zero-order valence-electron chi connectivity index (χ0n) is 9.39. The van der Waals surface area contributed by atoms with Crippen LogP contribution in [-0.2, 0) is 0 Å². The summed E-state index contributed by atoms with van der Waals surface area (Å²) in [6.07, 6.45) is 1.48. The van der Waals surface area contributed by atoms with E-state index in [-0.39, 0.29) is 5.69 Å². The van der Waals surface area contributed by atoms with Crippen molar-refractivity contribution in [3.05, 3.63) is 34.4 Å². The summed E-state index contributed by atoms with van der Waals surface area (Å²) in [5.74, 6) is -1.07. The number of anilines is 1. The molecule has 0 amide bonds. The third-order valence-electron chi connectivity index (χ3n) is 2.43. The molecule has 2 rings (SSSR count). The average molecular weight is 233 g/mol. The minimum absolute atomic E-state index is 0.210. The van der Waals surface area contributed by atoms with Gasteiger partial charge in [0.1, 0.15) is 0 Å². The van der Waals surface area contributed by atoms with Gasteiger partial charge >= 0.3 is 5.56 Å². The highest BCUT2D eigenvalue weighted by Gasteiger charge is 2.16. The van der Waals surface area contributed by atoms with Crippen LogP contribution in [0.5, 0.6) is 5.75 Å². The monoisotopic (exact) mass is 233 g/mol. The van der Waals surface area contributed by atoms with Crippen LogP contribution in [0.3, 0.4) is 0 Å². The Labute approximate surface area is 96.5 Å². The van der Waals surface area contributed by atoms with Crippen LogP contribution in [0.4, 0.5) is 5.69 Å². The Kier molecular flexibility index (Phi) is 2.55. The predicted octanol–water partition coefficient (Wildman–Crippen LogP) is 0.644. The normalized spacial score (nSPS) is 10.5. The van der Waals surface area contributed by atoms with E-state index < -0.39 is 17.1 Å². The molecule has 2 aromatic heterocycles. The molecule has 0 saturated carbocycles. The van der Waals surface area contributed by atoms with Crippen LogP contribution in [0.2, 0.25) is 0 Å². The number of fused-ring (bicyclic) bond motifs is 1. The molecule has 0 aliphatic carbocycles. The lowest BCUT2D eigenvalue weighted by Gasteiger charge is -2.08. The molecule has 0 aromatic carbocycles. The van der Waals surface area contributed by atoms with Gasteiger partial charge in [-0.05, 0) is 12.1 Å². The molecule has 0 bridgehead atoms. The van der Waals surface area contributed by atoms with E-state index in [0.717, 1.165) is 0 Å². The van der Waals surface area contributed by atoms with Gasteiger partial charge in [0, 0.05) is 20.2 Å². The Morgan fingerprint density at radius 1 is 1.53 bits per heavy atom. The molecule has 2 heterocycles. The van der Waals surface area contributed by atoms with Crippen molar-refractivity contribution in [2.75, 3.05) is 12.4 Å². The molecule has 0 radical (unpaired) electrons. The first-order valence-electron chi connectivity index (χ1n) is 4.99. The van der Waals surface area contributed by atoms with Crippen molar-refractivity contribution in [3.8, 4) is 5.75 Å². The van der Waals surface area contributed by atoms with Crippen molar-refractivity contribution < 1.29 is 9.90 Å². The number of rotatable bonds is 2. The molecule has 0 saturated heterocycles. The van der Waals surface area contributed by atoms with E-state index in [1.807, 2.05) is 0 Å². The lowest BCUT2D eigenvalue weighted by Crippen LogP contribution is -2.18. The number of carbonyl (C=O) groups excluding carboxylic acids is 1. The van der Waals surface area contributed by atoms with Gasteiger partial charge < -0.3 is 10.4 Å². The van der Waals surface area contributed by atoms with E-state index in [2.05, 4.69) is 10.3 Å². The fourth-order valence-electron chi connectivity index (χ4n) is 1.59. The van der Waals surface area contributed by atoms with Crippen LogP contribution in [-0.4, -0.2) is 27.3 Å². The van der Waals surface area contributed by atoms with Crippen LogP contribution >= 0.6 is 0 Å². The number of pyridine rings is 1. The van der Waals surface area contributed by atoms with Gasteiger partial charge in [-0.3, -0.25) is 14.0 Å². The van der Waals surface area contributed by atoms with E-state index in [9.17, 15) is 14.7 Å². The highest BCUT2D eigenvalue weighted by Crippen LogP contribution is 2.17. The van der Waals surface area contributed by atoms with Crippen LogP contribution in [0.25, 0.3) is 5.65 Å². The Morgan fingerprint density at radius 3 is 2.82 bits per heavy atom. The summed E-state index contributed by atoms with van der Waals surface area (Å²) in [6, 6.07) is 3.37. The molecule has 17 heavy (non-hydrogen) atoms. The van der Waals surface area contributed by atoms with E-state index >= 15 is 0 Å². The zero-order valence-corrected chi connectivity index (χ0v) is 9.39. The minimum atomic E-state index is -0.655. The summed E-state index contributed by atoms with van der Waals surface area (Å²) in [7, 11) is 1.68. The molecule has 0 fully saturated rings. The molecule has 2 aromatic rings. The number of aromatic nitrogens is 2. The number of carbonyl (C=O) groups is 1. The third-order valence-corrected chi connectivity index (χ3v) is 2.43. The molecule has 0 aliphatic heterocycles. The average Bonchev–Trinajstić information content (AvgIpc) is 2.32. The topological polar surface area (TPSA) is 83.7 Å². The highest BCUT2D eigenvalue weighted by molar-refractivity contribution is 5.95. The van der Waals surface area contributed by atoms with Gasteiger partial charge in [0.2, 0.25) is 5.75 Å². The van der Waals surface area contributed by atoms with E-state index in [1.54, 1.807) is 19.2 Å². The minimum Gasteiger partial charge on any atom is -0.501 e. The van der Waals surface area contributed by atoms with Gasteiger partial charge in [-0.1, -0.05) is 0 Å². The number of nitrogens with one attached hydrogen (secondary N) is 1. The molecule has 6 heteroatoms. The Hall–Kier alpha value is -2.37. The highest BCUT2D eigenvalue weighted by atomic mass is 16.3. The van der Waals surface area contributed by atoms with E-state index in [1.165, 1.54) is 17.5 Å². The number of aromatic hydroxyl groups is 1. The number of nitrogens with zero attached hydrogens (tertiary/aromatic N) is 2. The molecule has 88 valence electrons. The van der Waals surface area contributed by atoms with Gasteiger partial charge in [-0.25, -0.2) is 4.98 Å². The summed E-state index contributed by atoms with van der Waals surface area (Å²) < 4.78 is 1.19. The lowest BCUT2D eigenvalue weighted by molar-refractivity contribution is 0.101. The molecule has 2 N–H and O–H groups in total. The lowest BCUT2D eigenvalue weighted by atomic mass is 10.2. The van der Waals surface area contributed by atoms with Crippen molar-refractivity contribution in [2.45, 2.75) is 6.92 Å². The number of hydrogen-bond donors (Lipinski definition) is 2. The zero-order chi connectivity index (χ0) is 12.6. The SMILES string of the molecule is CNc1cccn2c(=O)c(O)c(C(C)=O)nc12. The second-order valence-electron chi connectivity index (χ2n) is 3.54. The summed E-state index contributed by atoms with van der Waals surface area (Å²) in [6.45, 7) is 1.25. The molecule has 0 atom stereocenters. The fourth-order valence-corrected chi connectivity index (χ4v) is 1.59. The maximum absolute atomic E-state index is 11.8. The maximum atomic E-state index is 11.8. The van der Waals surface area contributed by atoms with E-state index in [4.69, 9.17) is 0 Å². The van der Waals surface area contributed by atoms with Crippen molar-refractivity contribution >= 4 is 17.1 Å². The summed E-state index contributed by atoms with van der Waals surface area (Å²) >= 11 is 0. The standard InChI is InChI=1S/C11H11N3O3/c1-6(15)8-9(16)11(17)14-5-3-4-7(12-2)10(14)13-8/h3-5,12,16H,1-2H3. The smallest absolute Gasteiger partial charge is 0.300 e. The Morgan fingerprint density at radius 2 is 2.24 bits per heavy atom. The molecular weight excluding hydrogens is 222 g/mol. The first-order valence-corrected chi connectivity index (χ1v) is 4.99. The summed E-state index contributed by atoms with van der Waals surface area (Å²) in [5, 5.41) is 12.5. The fraction of sp³-hybridized carbons (Fsp3) is 0.182. The van der Waals surface area contributed by atoms with Gasteiger partial charge in [0.15, 0.2) is 17.1 Å². The van der Waals surface area contributed by atoms with Crippen molar-refractivity contribution in [1.82, 2.24) is 9.38 Å². The maximum Gasteiger partial charge on any atom is 0.300 e. The van der Waals surface area contributed by atoms with E-state index in [0.29, 0.717) is 11.3 Å². The van der Waals surface area contributed by atoms with Crippen LogP contribution in [0, 0.1) is 0 Å². The van der Waals surface area contributed by atoms with Gasteiger partial charge in [0.05, 0.1) is 5.69 Å². The largest absolute Gasteiger partial charge is 0.501 e. The second kappa shape index (κ2) is 3.89.